The van der Waals surface area contributed by atoms with Gasteiger partial charge in [0.15, 0.2) is 0 Å². The molecule has 3 heterocycles. The van der Waals surface area contributed by atoms with Crippen LogP contribution in [0.2, 0.25) is 0 Å². The van der Waals surface area contributed by atoms with E-state index in [1.54, 1.807) is 0 Å². The molecule has 0 bridgehead atoms. The molecule has 8 rings (SSSR count). The zero-order valence-electron chi connectivity index (χ0n) is 24.7. The summed E-state index contributed by atoms with van der Waals surface area (Å²) >= 11 is 1.87. The van der Waals surface area contributed by atoms with Gasteiger partial charge in [0.25, 0.3) is 0 Å². The molecule has 3 aromatic heterocycles. The van der Waals surface area contributed by atoms with Gasteiger partial charge in [-0.1, -0.05) is 97.1 Å². The lowest BCUT2D eigenvalue weighted by molar-refractivity contribution is 1.18. The summed E-state index contributed by atoms with van der Waals surface area (Å²) in [4.78, 5) is 5.19. The van der Waals surface area contributed by atoms with Crippen LogP contribution in [0.1, 0.15) is 19.5 Å². The number of hydrogen-bond acceptors (Lipinski definition) is 2. The van der Waals surface area contributed by atoms with Crippen LogP contribution in [0.3, 0.4) is 0 Å². The molecule has 3 heteroatoms. The number of aromatic nitrogens is 2. The molecule has 0 N–H and O–H groups in total. The third kappa shape index (κ3) is 4.36. The number of nitrogens with zero attached hydrogens (tertiary/aromatic N) is 2. The van der Waals surface area contributed by atoms with E-state index in [1.165, 1.54) is 47.5 Å². The molecule has 0 unspecified atom stereocenters. The lowest BCUT2D eigenvalue weighted by Crippen LogP contribution is -1.96. The van der Waals surface area contributed by atoms with Gasteiger partial charge in [-0.25, -0.2) is 4.98 Å². The van der Waals surface area contributed by atoms with Crippen molar-refractivity contribution in [3.63, 3.8) is 0 Å². The second-order valence-corrected chi connectivity index (χ2v) is 12.3. The molecule has 0 aliphatic rings. The van der Waals surface area contributed by atoms with Crippen molar-refractivity contribution in [3.05, 3.63) is 151 Å². The van der Waals surface area contributed by atoms with E-state index in [1.807, 2.05) is 24.3 Å². The van der Waals surface area contributed by atoms with Crippen LogP contribution in [0, 0.1) is 0 Å². The summed E-state index contributed by atoms with van der Waals surface area (Å²) in [6.07, 6.45) is 6.25. The maximum Gasteiger partial charge on any atom is 0.0716 e. The molecule has 44 heavy (non-hydrogen) atoms. The van der Waals surface area contributed by atoms with Gasteiger partial charge in [0.05, 0.1) is 22.4 Å². The number of allylic oxidation sites excluding steroid dienone is 4. The quantitative estimate of drug-likeness (QED) is 0.185. The maximum absolute atomic E-state index is 5.19. The molecule has 0 aliphatic carbocycles. The minimum absolute atomic E-state index is 0.961. The van der Waals surface area contributed by atoms with Crippen molar-refractivity contribution in [2.45, 2.75) is 13.8 Å². The average Bonchev–Trinajstić information content (AvgIpc) is 3.63. The number of fused-ring (bicyclic) bond motifs is 7. The Morgan fingerprint density at radius 1 is 0.636 bits per heavy atom. The SMILES string of the molecule is CC=CC=C(C)c1cc(-c2ccccc2)cc(-c2cccc(-n3c4ccccc4c4c5c(ccc43)sc3ccccc35)c2)n1. The molecule has 0 saturated carbocycles. The lowest BCUT2D eigenvalue weighted by Gasteiger charge is -2.13. The van der Waals surface area contributed by atoms with Crippen LogP contribution in [0.15, 0.2) is 146 Å². The van der Waals surface area contributed by atoms with Crippen LogP contribution in [-0.2, 0) is 0 Å². The van der Waals surface area contributed by atoms with Crippen molar-refractivity contribution in [3.8, 4) is 28.1 Å². The Morgan fingerprint density at radius 2 is 1.41 bits per heavy atom. The van der Waals surface area contributed by atoms with Crippen molar-refractivity contribution in [2.24, 2.45) is 0 Å². The highest BCUT2D eigenvalue weighted by molar-refractivity contribution is 7.26. The van der Waals surface area contributed by atoms with Gasteiger partial charge in [0.1, 0.15) is 0 Å². The average molecular weight is 583 g/mol. The molecule has 0 spiro atoms. The first-order valence-electron chi connectivity index (χ1n) is 15.0. The summed E-state index contributed by atoms with van der Waals surface area (Å²) < 4.78 is 5.07. The summed E-state index contributed by atoms with van der Waals surface area (Å²) in [5.74, 6) is 0. The van der Waals surface area contributed by atoms with Gasteiger partial charge in [0, 0.05) is 42.2 Å². The van der Waals surface area contributed by atoms with E-state index in [9.17, 15) is 0 Å². The molecule has 8 aromatic rings. The van der Waals surface area contributed by atoms with Gasteiger partial charge >= 0.3 is 0 Å². The fourth-order valence-electron chi connectivity index (χ4n) is 6.36. The van der Waals surface area contributed by atoms with Gasteiger partial charge < -0.3 is 4.57 Å². The molecule has 2 nitrogen and oxygen atoms in total. The summed E-state index contributed by atoms with van der Waals surface area (Å²) in [6.45, 7) is 4.17. The molecule has 0 amide bonds. The van der Waals surface area contributed by atoms with Crippen LogP contribution in [-0.4, -0.2) is 9.55 Å². The van der Waals surface area contributed by atoms with E-state index in [0.29, 0.717) is 0 Å². The Kier molecular flexibility index (Phi) is 6.47. The smallest absolute Gasteiger partial charge is 0.0716 e. The second-order valence-electron chi connectivity index (χ2n) is 11.2. The summed E-state index contributed by atoms with van der Waals surface area (Å²) in [5, 5.41) is 5.26. The third-order valence-corrected chi connectivity index (χ3v) is 9.59. The highest BCUT2D eigenvalue weighted by Crippen LogP contribution is 2.43. The Labute approximate surface area is 260 Å². The number of benzene rings is 5. The van der Waals surface area contributed by atoms with E-state index < -0.39 is 0 Å². The zero-order valence-corrected chi connectivity index (χ0v) is 25.5. The molecule has 0 atom stereocenters. The largest absolute Gasteiger partial charge is 0.309 e. The molecule has 0 fully saturated rings. The molecule has 0 radical (unpaired) electrons. The fourth-order valence-corrected chi connectivity index (χ4v) is 7.47. The first-order valence-corrected chi connectivity index (χ1v) is 15.8. The Hall–Kier alpha value is -5.25. The second kappa shape index (κ2) is 10.8. The zero-order chi connectivity index (χ0) is 29.6. The van der Waals surface area contributed by atoms with Crippen molar-refractivity contribution in [2.75, 3.05) is 0 Å². The fraction of sp³-hybridized carbons (Fsp3) is 0.0488. The van der Waals surface area contributed by atoms with Crippen molar-refractivity contribution < 1.29 is 0 Å². The minimum atomic E-state index is 0.961. The van der Waals surface area contributed by atoms with Crippen LogP contribution in [0.5, 0.6) is 0 Å². The molecular weight excluding hydrogens is 553 g/mol. The van der Waals surface area contributed by atoms with E-state index >= 15 is 0 Å². The first kappa shape index (κ1) is 26.4. The number of hydrogen-bond donors (Lipinski definition) is 0. The maximum atomic E-state index is 5.19. The first-order chi connectivity index (χ1) is 21.7. The van der Waals surface area contributed by atoms with Crippen molar-refractivity contribution in [1.29, 1.82) is 0 Å². The van der Waals surface area contributed by atoms with Gasteiger partial charge in [-0.2, -0.15) is 0 Å². The Morgan fingerprint density at radius 3 is 2.27 bits per heavy atom. The van der Waals surface area contributed by atoms with Crippen molar-refractivity contribution in [1.82, 2.24) is 9.55 Å². The summed E-state index contributed by atoms with van der Waals surface area (Å²) in [7, 11) is 0. The normalized spacial score (nSPS) is 12.4. The number of thiophene rings is 1. The predicted molar refractivity (Wildman–Crippen MR) is 191 cm³/mol. The highest BCUT2D eigenvalue weighted by atomic mass is 32.1. The van der Waals surface area contributed by atoms with E-state index in [2.05, 4.69) is 151 Å². The van der Waals surface area contributed by atoms with E-state index in [4.69, 9.17) is 4.98 Å². The highest BCUT2D eigenvalue weighted by Gasteiger charge is 2.18. The number of rotatable bonds is 5. The topological polar surface area (TPSA) is 17.8 Å². The van der Waals surface area contributed by atoms with Crippen LogP contribution in [0.4, 0.5) is 0 Å². The van der Waals surface area contributed by atoms with E-state index in [0.717, 1.165) is 33.8 Å². The van der Waals surface area contributed by atoms with Gasteiger partial charge in [-0.15, -0.1) is 11.3 Å². The van der Waals surface area contributed by atoms with Gasteiger partial charge in [-0.05, 0) is 79.1 Å². The third-order valence-electron chi connectivity index (χ3n) is 8.45. The Balaban J connectivity index is 1.36. The van der Waals surface area contributed by atoms with Crippen LogP contribution >= 0.6 is 11.3 Å². The number of pyridine rings is 1. The Bertz CT molecular complexity index is 2400. The molecule has 5 aromatic carbocycles. The van der Waals surface area contributed by atoms with Crippen LogP contribution in [0.25, 0.3) is 75.6 Å². The lowest BCUT2D eigenvalue weighted by atomic mass is 10.00. The predicted octanol–water partition coefficient (Wildman–Crippen LogP) is 11.9. The van der Waals surface area contributed by atoms with E-state index in [-0.39, 0.29) is 0 Å². The monoisotopic (exact) mass is 582 g/mol. The standard InChI is InChI=1S/C41H30N2S/c1-3-4-13-27(2)34-25-30(28-14-6-5-7-15-28)26-35(42-34)29-16-12-17-31(24-29)43-36-20-10-8-18-32(36)40-37(43)22-23-39-41(40)33-19-9-11-21-38(33)44-39/h3-26H,1-2H3. The number of para-hydroxylation sites is 1. The summed E-state index contributed by atoms with van der Waals surface area (Å²) in [6, 6.07) is 46.0. The summed E-state index contributed by atoms with van der Waals surface area (Å²) in [5.41, 5.74) is 10.1. The van der Waals surface area contributed by atoms with Gasteiger partial charge in [0.2, 0.25) is 0 Å². The van der Waals surface area contributed by atoms with Crippen molar-refractivity contribution >= 4 is 58.9 Å². The molecule has 0 saturated heterocycles. The molecule has 0 aliphatic heterocycles. The molecule has 210 valence electrons. The van der Waals surface area contributed by atoms with Crippen LogP contribution < -0.4 is 0 Å². The molecular formula is C41H30N2S. The minimum Gasteiger partial charge on any atom is -0.309 e. The van der Waals surface area contributed by atoms with Gasteiger partial charge in [-0.3, -0.25) is 0 Å².